The molecule has 0 fully saturated rings. The van der Waals surface area contributed by atoms with Gasteiger partial charge in [0.1, 0.15) is 5.75 Å². The molecule has 23 heavy (non-hydrogen) atoms. The summed E-state index contributed by atoms with van der Waals surface area (Å²) in [5.41, 5.74) is 13.6. The zero-order chi connectivity index (χ0) is 17.0. The number of hydrazine groups is 1. The predicted molar refractivity (Wildman–Crippen MR) is 82.8 cm³/mol. The largest absolute Gasteiger partial charge is 0.573 e. The van der Waals surface area contributed by atoms with Crippen molar-refractivity contribution in [2.75, 3.05) is 10.7 Å². The second-order valence-electron chi connectivity index (χ2n) is 4.66. The maximum Gasteiger partial charge on any atom is 0.573 e. The molecule has 0 saturated carbocycles. The van der Waals surface area contributed by atoms with Gasteiger partial charge < -0.3 is 16.2 Å². The van der Waals surface area contributed by atoms with E-state index in [0.29, 0.717) is 22.6 Å². The Morgan fingerprint density at radius 2 is 1.57 bits per heavy atom. The quantitative estimate of drug-likeness (QED) is 0.457. The summed E-state index contributed by atoms with van der Waals surface area (Å²) < 4.78 is 40.1. The maximum absolute atomic E-state index is 12.1. The average molecular weight is 324 g/mol. The minimum absolute atomic E-state index is 0.329. The minimum atomic E-state index is -4.73. The molecular formula is C15H15F3N4O. The number of alkyl halides is 3. The number of nitrogens with zero attached hydrogens (tertiary/aromatic N) is 1. The smallest absolute Gasteiger partial charge is 0.406 e. The third kappa shape index (κ3) is 4.82. The number of anilines is 2. The van der Waals surface area contributed by atoms with E-state index < -0.39 is 6.36 Å². The Morgan fingerprint density at radius 1 is 1.00 bits per heavy atom. The van der Waals surface area contributed by atoms with E-state index in [1.54, 1.807) is 24.3 Å². The lowest BCUT2D eigenvalue weighted by atomic mass is 10.1. The SMILES string of the molecule is N/C(=C\N(N)c1ccc(OC(F)(F)F)cc1)c1ccc(N)cc1. The lowest BCUT2D eigenvalue weighted by Crippen LogP contribution is -2.25. The summed E-state index contributed by atoms with van der Waals surface area (Å²) in [5.74, 6) is 5.50. The third-order valence-electron chi connectivity index (χ3n) is 2.89. The van der Waals surface area contributed by atoms with Crippen molar-refractivity contribution >= 4 is 17.1 Å². The Morgan fingerprint density at radius 3 is 2.09 bits per heavy atom. The van der Waals surface area contributed by atoms with Crippen LogP contribution in [0.2, 0.25) is 0 Å². The first-order chi connectivity index (χ1) is 10.7. The Kier molecular flexibility index (Phi) is 4.65. The summed E-state index contributed by atoms with van der Waals surface area (Å²) in [6.07, 6.45) is -3.28. The van der Waals surface area contributed by atoms with Gasteiger partial charge in [-0.2, -0.15) is 0 Å². The fourth-order valence-corrected chi connectivity index (χ4v) is 1.79. The van der Waals surface area contributed by atoms with Crippen LogP contribution in [0.3, 0.4) is 0 Å². The zero-order valence-corrected chi connectivity index (χ0v) is 11.9. The van der Waals surface area contributed by atoms with Gasteiger partial charge in [0.05, 0.1) is 11.4 Å². The monoisotopic (exact) mass is 324 g/mol. The Labute approximate surface area is 130 Å². The van der Waals surface area contributed by atoms with Crippen molar-refractivity contribution in [2.45, 2.75) is 6.36 Å². The fourth-order valence-electron chi connectivity index (χ4n) is 1.79. The van der Waals surface area contributed by atoms with Gasteiger partial charge in [-0.15, -0.1) is 13.2 Å². The molecule has 0 aromatic heterocycles. The lowest BCUT2D eigenvalue weighted by molar-refractivity contribution is -0.274. The molecule has 0 aliphatic rings. The molecule has 0 heterocycles. The number of rotatable bonds is 4. The molecule has 0 saturated heterocycles. The maximum atomic E-state index is 12.1. The van der Waals surface area contributed by atoms with Crippen molar-refractivity contribution in [1.82, 2.24) is 0 Å². The molecule has 2 aromatic carbocycles. The number of nitrogen functional groups attached to an aromatic ring is 1. The first-order valence-corrected chi connectivity index (χ1v) is 6.47. The van der Waals surface area contributed by atoms with Gasteiger partial charge in [-0.1, -0.05) is 12.1 Å². The van der Waals surface area contributed by atoms with E-state index >= 15 is 0 Å². The summed E-state index contributed by atoms with van der Waals surface area (Å²) in [4.78, 5) is 0. The minimum Gasteiger partial charge on any atom is -0.406 e. The van der Waals surface area contributed by atoms with E-state index in [-0.39, 0.29) is 5.75 Å². The molecule has 8 heteroatoms. The number of halogens is 3. The Hall–Kier alpha value is -2.87. The van der Waals surface area contributed by atoms with Crippen LogP contribution in [0.1, 0.15) is 5.56 Å². The first-order valence-electron chi connectivity index (χ1n) is 6.47. The number of ether oxygens (including phenoxy) is 1. The van der Waals surface area contributed by atoms with Gasteiger partial charge in [0, 0.05) is 11.9 Å². The summed E-state index contributed by atoms with van der Waals surface area (Å²) in [6, 6.07) is 11.9. The summed E-state index contributed by atoms with van der Waals surface area (Å²) in [5, 5.41) is 1.20. The van der Waals surface area contributed by atoms with E-state index in [9.17, 15) is 13.2 Å². The molecule has 2 aromatic rings. The van der Waals surface area contributed by atoms with Gasteiger partial charge in [0.15, 0.2) is 0 Å². The molecule has 0 aliphatic carbocycles. The van der Waals surface area contributed by atoms with Crippen molar-refractivity contribution < 1.29 is 17.9 Å². The van der Waals surface area contributed by atoms with Crippen LogP contribution in [0.4, 0.5) is 24.5 Å². The van der Waals surface area contributed by atoms with Crippen molar-refractivity contribution in [3.63, 3.8) is 0 Å². The standard InChI is InChI=1S/C15H15F3N4O/c16-15(17,18)23-13-7-5-12(6-8-13)22(21)9-14(20)10-1-3-11(19)4-2-10/h1-9H,19-21H2/b14-9-. The molecule has 0 spiro atoms. The van der Waals surface area contributed by atoms with E-state index in [1.165, 1.54) is 23.3 Å². The molecule has 0 bridgehead atoms. The van der Waals surface area contributed by atoms with Crippen LogP contribution < -0.4 is 27.1 Å². The van der Waals surface area contributed by atoms with Gasteiger partial charge in [-0.25, -0.2) is 5.84 Å². The van der Waals surface area contributed by atoms with Gasteiger partial charge in [0.25, 0.3) is 0 Å². The van der Waals surface area contributed by atoms with Crippen LogP contribution in [-0.4, -0.2) is 6.36 Å². The predicted octanol–water partition coefficient (Wildman–Crippen LogP) is 2.80. The lowest BCUT2D eigenvalue weighted by Gasteiger charge is -2.16. The second kappa shape index (κ2) is 6.49. The van der Waals surface area contributed by atoms with E-state index in [4.69, 9.17) is 17.3 Å². The van der Waals surface area contributed by atoms with E-state index in [0.717, 1.165) is 12.1 Å². The van der Waals surface area contributed by atoms with Crippen LogP contribution in [0.5, 0.6) is 5.75 Å². The highest BCUT2D eigenvalue weighted by atomic mass is 19.4. The van der Waals surface area contributed by atoms with Crippen molar-refractivity contribution in [1.29, 1.82) is 0 Å². The van der Waals surface area contributed by atoms with Crippen LogP contribution in [0, 0.1) is 0 Å². The van der Waals surface area contributed by atoms with Crippen molar-refractivity contribution in [2.24, 2.45) is 11.6 Å². The highest BCUT2D eigenvalue weighted by Gasteiger charge is 2.30. The van der Waals surface area contributed by atoms with Crippen LogP contribution in [0.25, 0.3) is 5.70 Å². The molecule has 2 rings (SSSR count). The first kappa shape index (κ1) is 16.5. The van der Waals surface area contributed by atoms with Crippen molar-refractivity contribution in [3.05, 3.63) is 60.3 Å². The topological polar surface area (TPSA) is 90.5 Å². The number of hydrogen-bond acceptors (Lipinski definition) is 5. The second-order valence-corrected chi connectivity index (χ2v) is 4.66. The zero-order valence-electron chi connectivity index (χ0n) is 11.9. The van der Waals surface area contributed by atoms with E-state index in [1.807, 2.05) is 0 Å². The van der Waals surface area contributed by atoms with Gasteiger partial charge in [-0.3, -0.25) is 5.01 Å². The Balaban J connectivity index is 2.12. The fraction of sp³-hybridized carbons (Fsp3) is 0.0667. The highest BCUT2D eigenvalue weighted by Crippen LogP contribution is 2.25. The Bertz CT molecular complexity index is 681. The number of benzene rings is 2. The molecular weight excluding hydrogens is 309 g/mol. The molecule has 0 unspecified atom stereocenters. The summed E-state index contributed by atoms with van der Waals surface area (Å²) in [6.45, 7) is 0. The molecule has 6 N–H and O–H groups in total. The van der Waals surface area contributed by atoms with E-state index in [2.05, 4.69) is 4.74 Å². The van der Waals surface area contributed by atoms with Gasteiger partial charge in [0.2, 0.25) is 0 Å². The highest BCUT2D eigenvalue weighted by molar-refractivity contribution is 5.67. The average Bonchev–Trinajstić information content (AvgIpc) is 2.46. The van der Waals surface area contributed by atoms with Crippen LogP contribution in [-0.2, 0) is 0 Å². The number of hydrogen-bond donors (Lipinski definition) is 3. The molecule has 0 aliphatic heterocycles. The number of nitrogens with two attached hydrogens (primary N) is 3. The third-order valence-corrected chi connectivity index (χ3v) is 2.89. The van der Waals surface area contributed by atoms with Gasteiger partial charge >= 0.3 is 6.36 Å². The molecule has 5 nitrogen and oxygen atoms in total. The van der Waals surface area contributed by atoms with Crippen LogP contribution in [0.15, 0.2) is 54.7 Å². The normalized spacial score (nSPS) is 12.1. The summed E-state index contributed by atoms with van der Waals surface area (Å²) >= 11 is 0. The van der Waals surface area contributed by atoms with Crippen molar-refractivity contribution in [3.8, 4) is 5.75 Å². The van der Waals surface area contributed by atoms with Gasteiger partial charge in [-0.05, 0) is 42.0 Å². The molecule has 0 atom stereocenters. The summed E-state index contributed by atoms with van der Waals surface area (Å²) in [7, 11) is 0. The molecule has 122 valence electrons. The van der Waals surface area contributed by atoms with Crippen LogP contribution >= 0.6 is 0 Å². The molecule has 0 radical (unpaired) electrons. The molecule has 0 amide bonds.